The highest BCUT2D eigenvalue weighted by atomic mass is 16.3. The fraction of sp³-hybridized carbons (Fsp3) is 0.500. The van der Waals surface area contributed by atoms with Crippen molar-refractivity contribution in [2.45, 2.75) is 12.5 Å². The molecule has 14 heavy (non-hydrogen) atoms. The van der Waals surface area contributed by atoms with Gasteiger partial charge in [-0.3, -0.25) is 4.79 Å². The van der Waals surface area contributed by atoms with Crippen molar-refractivity contribution in [1.82, 2.24) is 9.47 Å². The molecule has 0 aromatic carbocycles. The third kappa shape index (κ3) is 1.23. The summed E-state index contributed by atoms with van der Waals surface area (Å²) in [6.45, 7) is 0.606. The Balaban J connectivity index is 2.53. The van der Waals surface area contributed by atoms with Gasteiger partial charge < -0.3 is 14.6 Å². The Morgan fingerprint density at radius 2 is 2.21 bits per heavy atom. The summed E-state index contributed by atoms with van der Waals surface area (Å²) in [5.41, 5.74) is 1.36. The number of amides is 1. The molecule has 1 unspecified atom stereocenters. The van der Waals surface area contributed by atoms with Gasteiger partial charge >= 0.3 is 0 Å². The number of fused-ring (bicyclic) bond motifs is 1. The summed E-state index contributed by atoms with van der Waals surface area (Å²) in [5.74, 6) is -0.00264. The maximum atomic E-state index is 11.8. The highest BCUT2D eigenvalue weighted by Crippen LogP contribution is 2.26. The molecule has 0 fully saturated rings. The van der Waals surface area contributed by atoms with Gasteiger partial charge in [0.15, 0.2) is 0 Å². The number of carbonyl (C=O) groups is 1. The molecule has 0 bridgehead atoms. The lowest BCUT2D eigenvalue weighted by Crippen LogP contribution is -2.25. The molecule has 0 saturated carbocycles. The van der Waals surface area contributed by atoms with Crippen LogP contribution in [0.4, 0.5) is 0 Å². The van der Waals surface area contributed by atoms with Crippen molar-refractivity contribution in [1.29, 1.82) is 0 Å². The Bertz CT molecular complexity index is 370. The molecular formula is C10H14N2O2. The van der Waals surface area contributed by atoms with E-state index in [1.807, 2.05) is 17.8 Å². The number of aliphatic hydroxyl groups is 1. The zero-order valence-electron chi connectivity index (χ0n) is 8.40. The predicted molar refractivity (Wildman–Crippen MR) is 52.0 cm³/mol. The molecule has 0 radical (unpaired) electrons. The topological polar surface area (TPSA) is 45.5 Å². The first kappa shape index (κ1) is 9.27. The van der Waals surface area contributed by atoms with Crippen LogP contribution >= 0.6 is 0 Å². The Morgan fingerprint density at radius 1 is 1.50 bits per heavy atom. The number of nitrogens with zero attached hydrogens (tertiary/aromatic N) is 2. The molecule has 1 N–H and O–H groups in total. The van der Waals surface area contributed by atoms with Crippen LogP contribution in [0.25, 0.3) is 0 Å². The van der Waals surface area contributed by atoms with Crippen molar-refractivity contribution in [2.75, 3.05) is 13.6 Å². The highest BCUT2D eigenvalue weighted by Gasteiger charge is 2.27. The lowest BCUT2D eigenvalue weighted by molar-refractivity contribution is 0.0790. The van der Waals surface area contributed by atoms with Crippen molar-refractivity contribution in [3.05, 3.63) is 23.5 Å². The minimum atomic E-state index is -0.529. The predicted octanol–water partition coefficient (Wildman–Crippen LogP) is 0.534. The number of aliphatic hydroxyl groups excluding tert-OH is 1. The first-order valence-electron chi connectivity index (χ1n) is 4.70. The third-order valence-corrected chi connectivity index (χ3v) is 2.75. The van der Waals surface area contributed by atoms with Gasteiger partial charge in [-0.05, 0) is 12.5 Å². The first-order chi connectivity index (χ1) is 6.61. The summed E-state index contributed by atoms with van der Waals surface area (Å²) in [6.07, 6.45) is 1.89. The van der Waals surface area contributed by atoms with Gasteiger partial charge in [-0.1, -0.05) is 0 Å². The van der Waals surface area contributed by atoms with E-state index in [0.29, 0.717) is 18.5 Å². The Hall–Kier alpha value is -1.29. The van der Waals surface area contributed by atoms with Crippen LogP contribution in [0.3, 0.4) is 0 Å². The fourth-order valence-electron chi connectivity index (χ4n) is 1.90. The number of rotatable bonds is 0. The molecular weight excluding hydrogens is 180 g/mol. The molecule has 0 saturated heterocycles. The van der Waals surface area contributed by atoms with E-state index in [0.717, 1.165) is 5.69 Å². The van der Waals surface area contributed by atoms with Crippen LogP contribution in [0.5, 0.6) is 0 Å². The Morgan fingerprint density at radius 3 is 2.93 bits per heavy atom. The lowest BCUT2D eigenvalue weighted by atomic mass is 10.1. The average molecular weight is 194 g/mol. The summed E-state index contributed by atoms with van der Waals surface area (Å²) in [7, 11) is 3.61. The molecule has 1 aliphatic rings. The molecule has 1 aromatic heterocycles. The molecule has 1 aromatic rings. The molecule has 0 spiro atoms. The number of aromatic nitrogens is 1. The molecule has 76 valence electrons. The lowest BCUT2D eigenvalue weighted by Gasteiger charge is -2.13. The van der Waals surface area contributed by atoms with Crippen molar-refractivity contribution in [2.24, 2.45) is 7.05 Å². The van der Waals surface area contributed by atoms with Gasteiger partial charge in [-0.25, -0.2) is 0 Å². The van der Waals surface area contributed by atoms with Crippen LogP contribution in [-0.2, 0) is 7.05 Å². The molecule has 2 heterocycles. The van der Waals surface area contributed by atoms with Crippen LogP contribution < -0.4 is 0 Å². The minimum Gasteiger partial charge on any atom is -0.387 e. The van der Waals surface area contributed by atoms with Gasteiger partial charge in [0.1, 0.15) is 0 Å². The molecule has 4 nitrogen and oxygen atoms in total. The van der Waals surface area contributed by atoms with E-state index in [1.54, 1.807) is 18.0 Å². The third-order valence-electron chi connectivity index (χ3n) is 2.75. The number of carbonyl (C=O) groups excluding carboxylic acids is 1. The second-order valence-corrected chi connectivity index (χ2v) is 3.76. The van der Waals surface area contributed by atoms with E-state index >= 15 is 0 Å². The summed E-state index contributed by atoms with van der Waals surface area (Å²) < 4.78 is 1.82. The first-order valence-corrected chi connectivity index (χ1v) is 4.70. The second-order valence-electron chi connectivity index (χ2n) is 3.76. The quantitative estimate of drug-likeness (QED) is 0.655. The second kappa shape index (κ2) is 3.13. The maximum absolute atomic E-state index is 11.8. The highest BCUT2D eigenvalue weighted by molar-refractivity contribution is 5.95. The summed E-state index contributed by atoms with van der Waals surface area (Å²) >= 11 is 0. The fourth-order valence-corrected chi connectivity index (χ4v) is 1.90. The van der Waals surface area contributed by atoms with Crippen molar-refractivity contribution in [3.63, 3.8) is 0 Å². The molecule has 1 atom stereocenters. The van der Waals surface area contributed by atoms with Crippen LogP contribution in [0.1, 0.15) is 28.6 Å². The zero-order valence-corrected chi connectivity index (χ0v) is 8.40. The van der Waals surface area contributed by atoms with Crippen LogP contribution in [0.2, 0.25) is 0 Å². The summed E-state index contributed by atoms with van der Waals surface area (Å²) in [6, 6.07) is 1.77. The molecule has 2 rings (SSSR count). The van der Waals surface area contributed by atoms with Gasteiger partial charge in [0.05, 0.1) is 17.4 Å². The van der Waals surface area contributed by atoms with Gasteiger partial charge in [-0.2, -0.15) is 0 Å². The van der Waals surface area contributed by atoms with Crippen molar-refractivity contribution >= 4 is 5.91 Å². The molecule has 1 aliphatic heterocycles. The van der Waals surface area contributed by atoms with Crippen molar-refractivity contribution in [3.8, 4) is 0 Å². The van der Waals surface area contributed by atoms with Crippen LogP contribution in [-0.4, -0.2) is 34.1 Å². The smallest absolute Gasteiger partial charge is 0.255 e. The minimum absolute atomic E-state index is 0.00264. The number of hydrogen-bond acceptors (Lipinski definition) is 2. The largest absolute Gasteiger partial charge is 0.387 e. The maximum Gasteiger partial charge on any atom is 0.255 e. The van der Waals surface area contributed by atoms with E-state index in [9.17, 15) is 9.90 Å². The van der Waals surface area contributed by atoms with E-state index in [4.69, 9.17) is 0 Å². The standard InChI is InChI=1S/C10H14N2O2/c1-11-5-3-7-9(11)8(13)4-6-12(2)10(7)14/h3,5,8,13H,4,6H2,1-2H3. The summed E-state index contributed by atoms with van der Waals surface area (Å²) in [5, 5.41) is 9.85. The average Bonchev–Trinajstić information content (AvgIpc) is 2.50. The SMILES string of the molecule is CN1CCC(O)c2c(ccn2C)C1=O. The van der Waals surface area contributed by atoms with E-state index in [2.05, 4.69) is 0 Å². The molecule has 1 amide bonds. The zero-order chi connectivity index (χ0) is 10.3. The van der Waals surface area contributed by atoms with E-state index in [-0.39, 0.29) is 5.91 Å². The Labute approximate surface area is 82.7 Å². The van der Waals surface area contributed by atoms with E-state index < -0.39 is 6.10 Å². The van der Waals surface area contributed by atoms with Gasteiger partial charge in [-0.15, -0.1) is 0 Å². The molecule has 0 aliphatic carbocycles. The normalized spacial score (nSPS) is 22.1. The van der Waals surface area contributed by atoms with Gasteiger partial charge in [0.2, 0.25) is 0 Å². The number of aryl methyl sites for hydroxylation is 1. The summed E-state index contributed by atoms with van der Waals surface area (Å²) in [4.78, 5) is 13.4. The van der Waals surface area contributed by atoms with Crippen LogP contribution in [0, 0.1) is 0 Å². The van der Waals surface area contributed by atoms with Crippen LogP contribution in [0.15, 0.2) is 12.3 Å². The van der Waals surface area contributed by atoms with Gasteiger partial charge in [0.25, 0.3) is 5.91 Å². The van der Waals surface area contributed by atoms with Gasteiger partial charge in [0, 0.05) is 26.8 Å². The number of hydrogen-bond donors (Lipinski definition) is 1. The van der Waals surface area contributed by atoms with Crippen molar-refractivity contribution < 1.29 is 9.90 Å². The van der Waals surface area contributed by atoms with E-state index in [1.165, 1.54) is 0 Å². The Kier molecular flexibility index (Phi) is 2.07. The molecule has 4 heteroatoms. The monoisotopic (exact) mass is 194 g/mol.